The highest BCUT2D eigenvalue weighted by Crippen LogP contribution is 2.32. The fraction of sp³-hybridized carbons (Fsp3) is 0.0714. The van der Waals surface area contributed by atoms with Gasteiger partial charge in [0, 0.05) is 53.1 Å². The number of H-pyrrole nitrogens is 1. The summed E-state index contributed by atoms with van der Waals surface area (Å²) in [6.07, 6.45) is 3.04. The topological polar surface area (TPSA) is 95.8 Å². The Labute approximate surface area is 220 Å². The smallest absolute Gasteiger partial charge is 0.201 e. The van der Waals surface area contributed by atoms with Crippen molar-refractivity contribution in [3.05, 3.63) is 107 Å². The molecule has 6 nitrogen and oxygen atoms in total. The zero-order valence-electron chi connectivity index (χ0n) is 20.1. The van der Waals surface area contributed by atoms with Crippen molar-refractivity contribution in [2.24, 2.45) is 5.73 Å². The lowest BCUT2D eigenvalue weighted by Gasteiger charge is -2.11. The van der Waals surface area contributed by atoms with Crippen LogP contribution in [-0.2, 0) is 6.54 Å². The van der Waals surface area contributed by atoms with Crippen LogP contribution in [0.25, 0.3) is 22.2 Å². The molecule has 0 spiro atoms. The van der Waals surface area contributed by atoms with E-state index in [9.17, 15) is 13.6 Å². The molecule has 0 amide bonds. The molecule has 0 saturated heterocycles. The van der Waals surface area contributed by atoms with Crippen LogP contribution in [0.2, 0.25) is 0 Å². The number of pyridine rings is 1. The van der Waals surface area contributed by atoms with Crippen LogP contribution in [0.1, 0.15) is 21.5 Å². The van der Waals surface area contributed by atoms with E-state index in [1.807, 2.05) is 18.2 Å². The lowest BCUT2D eigenvalue weighted by molar-refractivity contribution is 0.103. The molecule has 5 rings (SSSR count). The zero-order chi connectivity index (χ0) is 26.8. The number of carbonyl (C=O) groups excluding carboxylic acids is 1. The van der Waals surface area contributed by atoms with Crippen molar-refractivity contribution in [2.75, 3.05) is 17.1 Å². The molecular weight excluding hydrogens is 511 g/mol. The maximum atomic E-state index is 15.4. The number of ketones is 1. The second kappa shape index (κ2) is 10.6. The van der Waals surface area contributed by atoms with Crippen LogP contribution in [0, 0.1) is 17.5 Å². The van der Waals surface area contributed by atoms with Gasteiger partial charge in [-0.1, -0.05) is 18.2 Å². The predicted molar refractivity (Wildman–Crippen MR) is 145 cm³/mol. The average molecular weight is 534 g/mol. The number of halogens is 3. The number of aromatic nitrogens is 2. The number of rotatable bonds is 8. The molecule has 0 bridgehead atoms. The van der Waals surface area contributed by atoms with E-state index in [-0.39, 0.29) is 11.3 Å². The number of carbonyl (C=O) groups is 1. The Hall–Kier alpha value is -4.28. The standard InChI is InChI=1S/C28H22F3N5OS/c1-33-24-10-15(5-6-16(24)12-32)17-9-20-21(14-35-28(20)34-13-17)27(37)25-22(30)7-8-23(26(25)31)36-38-19-4-2-3-18(29)11-19/h2-11,13-14,33,36H,12,32H2,1H3,(H,34,35). The van der Waals surface area contributed by atoms with Crippen LogP contribution in [0.15, 0.2) is 78.0 Å². The van der Waals surface area contributed by atoms with E-state index in [1.54, 1.807) is 25.4 Å². The Morgan fingerprint density at radius 3 is 2.63 bits per heavy atom. The van der Waals surface area contributed by atoms with E-state index < -0.39 is 28.8 Å². The minimum atomic E-state index is -1.05. The molecule has 0 unspecified atom stereocenters. The number of benzene rings is 3. The fourth-order valence-corrected chi connectivity index (χ4v) is 4.84. The maximum absolute atomic E-state index is 15.4. The number of anilines is 2. The number of nitrogens with zero attached hydrogens (tertiary/aromatic N) is 1. The van der Waals surface area contributed by atoms with Gasteiger partial charge < -0.3 is 20.8 Å². The number of hydrogen-bond donors (Lipinski definition) is 4. The number of nitrogens with two attached hydrogens (primary N) is 1. The third-order valence-electron chi connectivity index (χ3n) is 6.10. The first-order valence-electron chi connectivity index (χ1n) is 11.6. The first kappa shape index (κ1) is 25.4. The first-order chi connectivity index (χ1) is 18.4. The highest BCUT2D eigenvalue weighted by Gasteiger charge is 2.25. The minimum absolute atomic E-state index is 0.0782. The van der Waals surface area contributed by atoms with Gasteiger partial charge in [-0.05, 0) is 65.5 Å². The van der Waals surface area contributed by atoms with Gasteiger partial charge in [0.15, 0.2) is 5.82 Å². The van der Waals surface area contributed by atoms with Crippen molar-refractivity contribution < 1.29 is 18.0 Å². The van der Waals surface area contributed by atoms with Crippen LogP contribution in [0.5, 0.6) is 0 Å². The van der Waals surface area contributed by atoms with Crippen LogP contribution < -0.4 is 15.8 Å². The second-order valence-corrected chi connectivity index (χ2v) is 9.30. The van der Waals surface area contributed by atoms with Gasteiger partial charge in [-0.25, -0.2) is 18.2 Å². The van der Waals surface area contributed by atoms with Crippen molar-refractivity contribution in [3.63, 3.8) is 0 Å². The van der Waals surface area contributed by atoms with Gasteiger partial charge in [0.2, 0.25) is 5.78 Å². The van der Waals surface area contributed by atoms with Gasteiger partial charge in [-0.3, -0.25) is 4.79 Å². The third kappa shape index (κ3) is 4.83. The van der Waals surface area contributed by atoms with Gasteiger partial charge >= 0.3 is 0 Å². The summed E-state index contributed by atoms with van der Waals surface area (Å²) < 4.78 is 46.4. The molecule has 0 aliphatic heterocycles. The molecule has 10 heteroatoms. The van der Waals surface area contributed by atoms with E-state index in [2.05, 4.69) is 20.0 Å². The normalized spacial score (nSPS) is 11.1. The molecule has 0 saturated carbocycles. The molecule has 0 fully saturated rings. The van der Waals surface area contributed by atoms with Gasteiger partial charge in [-0.2, -0.15) is 0 Å². The molecule has 2 heterocycles. The van der Waals surface area contributed by atoms with Gasteiger partial charge in [0.1, 0.15) is 17.3 Å². The molecule has 0 aliphatic carbocycles. The molecule has 0 radical (unpaired) electrons. The van der Waals surface area contributed by atoms with Crippen LogP contribution in [0.4, 0.5) is 24.5 Å². The number of nitrogens with one attached hydrogen (secondary N) is 3. The van der Waals surface area contributed by atoms with Crippen molar-refractivity contribution >= 4 is 40.1 Å². The van der Waals surface area contributed by atoms with Crippen molar-refractivity contribution in [2.45, 2.75) is 11.4 Å². The molecule has 5 aromatic rings. The minimum Gasteiger partial charge on any atom is -0.388 e. The van der Waals surface area contributed by atoms with Gasteiger partial charge in [-0.15, -0.1) is 0 Å². The Balaban J connectivity index is 1.50. The summed E-state index contributed by atoms with van der Waals surface area (Å²) in [4.78, 5) is 21.2. The highest BCUT2D eigenvalue weighted by molar-refractivity contribution is 8.00. The number of aromatic amines is 1. The summed E-state index contributed by atoms with van der Waals surface area (Å²) in [7, 11) is 1.80. The molecule has 0 aliphatic rings. The Kier molecular flexibility index (Phi) is 7.08. The molecule has 0 atom stereocenters. The van der Waals surface area contributed by atoms with Gasteiger partial charge in [0.05, 0.1) is 11.3 Å². The lowest BCUT2D eigenvalue weighted by Crippen LogP contribution is -2.09. The van der Waals surface area contributed by atoms with E-state index >= 15 is 4.39 Å². The van der Waals surface area contributed by atoms with Crippen LogP contribution >= 0.6 is 11.9 Å². The van der Waals surface area contributed by atoms with E-state index in [0.717, 1.165) is 34.8 Å². The monoisotopic (exact) mass is 533 g/mol. The van der Waals surface area contributed by atoms with Crippen LogP contribution in [-0.4, -0.2) is 22.8 Å². The van der Waals surface area contributed by atoms with Crippen molar-refractivity contribution in [1.82, 2.24) is 9.97 Å². The second-order valence-electron chi connectivity index (χ2n) is 8.42. The average Bonchev–Trinajstić information content (AvgIpc) is 3.35. The summed E-state index contributed by atoms with van der Waals surface area (Å²) in [5, 5.41) is 3.53. The lowest BCUT2D eigenvalue weighted by atomic mass is 9.99. The van der Waals surface area contributed by atoms with E-state index in [4.69, 9.17) is 5.73 Å². The molecule has 192 valence electrons. The molecule has 2 aromatic heterocycles. The van der Waals surface area contributed by atoms with Crippen molar-refractivity contribution in [1.29, 1.82) is 0 Å². The van der Waals surface area contributed by atoms with E-state index in [1.165, 1.54) is 30.5 Å². The summed E-state index contributed by atoms with van der Waals surface area (Å²) in [6, 6.07) is 15.4. The molecular formula is C28H22F3N5OS. The van der Waals surface area contributed by atoms with Crippen LogP contribution in [0.3, 0.4) is 0 Å². The summed E-state index contributed by atoms with van der Waals surface area (Å²) >= 11 is 0.940. The Morgan fingerprint density at radius 2 is 1.87 bits per heavy atom. The van der Waals surface area contributed by atoms with Crippen molar-refractivity contribution in [3.8, 4) is 11.1 Å². The first-order valence-corrected chi connectivity index (χ1v) is 12.4. The summed E-state index contributed by atoms with van der Waals surface area (Å²) in [6.45, 7) is 0.371. The maximum Gasteiger partial charge on any atom is 0.201 e. The zero-order valence-corrected chi connectivity index (χ0v) is 20.9. The third-order valence-corrected chi connectivity index (χ3v) is 6.91. The SMILES string of the molecule is CNc1cc(-c2cnc3[nH]cc(C(=O)c4c(F)ccc(NSc5cccc(F)c5)c4F)c3c2)ccc1CN. The summed E-state index contributed by atoms with van der Waals surface area (Å²) in [5.74, 6) is -3.33. The van der Waals surface area contributed by atoms with E-state index in [0.29, 0.717) is 28.0 Å². The Morgan fingerprint density at radius 1 is 1.03 bits per heavy atom. The van der Waals surface area contributed by atoms with Gasteiger partial charge in [0.25, 0.3) is 0 Å². The Bertz CT molecular complexity index is 1670. The molecule has 5 N–H and O–H groups in total. The quantitative estimate of drug-likeness (QED) is 0.134. The number of fused-ring (bicyclic) bond motifs is 1. The molecule has 3 aromatic carbocycles. The highest BCUT2D eigenvalue weighted by atomic mass is 32.2. The fourth-order valence-electron chi connectivity index (χ4n) is 4.13. The predicted octanol–water partition coefficient (Wildman–Crippen LogP) is 6.50. The summed E-state index contributed by atoms with van der Waals surface area (Å²) in [5.41, 5.74) is 8.82. The number of hydrogen-bond acceptors (Lipinski definition) is 6. The molecule has 38 heavy (non-hydrogen) atoms. The largest absolute Gasteiger partial charge is 0.388 e.